The predicted octanol–water partition coefficient (Wildman–Crippen LogP) is 3.12. The Hall–Kier alpha value is -1.73. The van der Waals surface area contributed by atoms with Gasteiger partial charge in [-0.15, -0.1) is 16.4 Å². The number of benzene rings is 1. The van der Waals surface area contributed by atoms with E-state index in [1.807, 2.05) is 6.07 Å². The number of nitrogens with one attached hydrogen (secondary N) is 1. The Balaban J connectivity index is 1.98. The minimum atomic E-state index is -0.258. The second-order valence-corrected chi connectivity index (χ2v) is 5.87. The first-order chi connectivity index (χ1) is 8.76. The van der Waals surface area contributed by atoms with Crippen molar-refractivity contribution < 1.29 is 9.18 Å². The van der Waals surface area contributed by atoms with Crippen LogP contribution in [-0.2, 0) is 0 Å². The van der Waals surface area contributed by atoms with Crippen LogP contribution in [0.5, 0.6) is 0 Å². The van der Waals surface area contributed by atoms with E-state index in [0.29, 0.717) is 17.0 Å². The van der Waals surface area contributed by atoms with Crippen LogP contribution >= 0.6 is 23.1 Å². The minimum absolute atomic E-state index is 0.258. The van der Waals surface area contributed by atoms with Gasteiger partial charge in [0, 0.05) is 4.70 Å². The Morgan fingerprint density at radius 3 is 3.11 bits per heavy atom. The van der Waals surface area contributed by atoms with Gasteiger partial charge in [-0.3, -0.25) is 9.89 Å². The Labute approximate surface area is 109 Å². The first-order valence-electron chi connectivity index (χ1n) is 4.99. The normalized spacial score (nSPS) is 10.9. The largest absolute Gasteiger partial charge is 0.296 e. The zero-order valence-electron chi connectivity index (χ0n) is 8.88. The van der Waals surface area contributed by atoms with E-state index in [-0.39, 0.29) is 5.82 Å². The molecule has 1 N–H and O–H groups in total. The number of carbonyl (C=O) groups is 1. The Morgan fingerprint density at radius 2 is 2.28 bits per heavy atom. The van der Waals surface area contributed by atoms with Crippen LogP contribution in [0.25, 0.3) is 10.1 Å². The molecular formula is C11H6FN3OS2. The summed E-state index contributed by atoms with van der Waals surface area (Å²) in [6.45, 7) is 0. The van der Waals surface area contributed by atoms with E-state index in [1.54, 1.807) is 6.07 Å². The smallest absolute Gasteiger partial charge is 0.170 e. The van der Waals surface area contributed by atoms with Gasteiger partial charge in [-0.1, -0.05) is 17.0 Å². The summed E-state index contributed by atoms with van der Waals surface area (Å²) < 4.78 is 15.0. The molecule has 0 amide bonds. The summed E-state index contributed by atoms with van der Waals surface area (Å²) in [6.07, 6.45) is 0.676. The molecule has 0 radical (unpaired) electrons. The van der Waals surface area contributed by atoms with Crippen LogP contribution in [-0.4, -0.2) is 21.7 Å². The third-order valence-corrected chi connectivity index (χ3v) is 4.54. The Kier molecular flexibility index (Phi) is 2.85. The number of hydrogen-bond acceptors (Lipinski definition) is 5. The lowest BCUT2D eigenvalue weighted by molar-refractivity contribution is 0.111. The molecule has 0 unspecified atom stereocenters. The molecule has 90 valence electrons. The molecule has 0 fully saturated rings. The summed E-state index contributed by atoms with van der Waals surface area (Å²) in [4.78, 5) is 10.7. The molecular weight excluding hydrogens is 273 g/mol. The summed E-state index contributed by atoms with van der Waals surface area (Å²) in [6, 6.07) is 6.53. The highest BCUT2D eigenvalue weighted by Gasteiger charge is 2.10. The molecule has 18 heavy (non-hydrogen) atoms. The van der Waals surface area contributed by atoms with Crippen molar-refractivity contribution in [3.05, 3.63) is 35.8 Å². The maximum Gasteiger partial charge on any atom is 0.170 e. The van der Waals surface area contributed by atoms with Crippen molar-refractivity contribution in [2.24, 2.45) is 0 Å². The topological polar surface area (TPSA) is 58.6 Å². The number of hydrogen-bond donors (Lipinski definition) is 1. The fourth-order valence-electron chi connectivity index (χ4n) is 1.51. The quantitative estimate of drug-likeness (QED) is 0.748. The molecule has 4 nitrogen and oxygen atoms in total. The molecule has 0 spiro atoms. The van der Waals surface area contributed by atoms with Gasteiger partial charge in [0.1, 0.15) is 11.5 Å². The summed E-state index contributed by atoms with van der Waals surface area (Å²) in [5.74, 6) is -0.258. The van der Waals surface area contributed by atoms with Gasteiger partial charge in [0.25, 0.3) is 0 Å². The van der Waals surface area contributed by atoms with Crippen LogP contribution in [0.15, 0.2) is 33.5 Å². The summed E-state index contributed by atoms with van der Waals surface area (Å²) >= 11 is 2.86. The summed E-state index contributed by atoms with van der Waals surface area (Å²) in [5.41, 5.74) is 0.351. The van der Waals surface area contributed by atoms with Crippen LogP contribution in [0.4, 0.5) is 4.39 Å². The standard InChI is InChI=1S/C11H6FN3OS2/c12-7-1-2-9-6(3-7)4-10(17-9)18-11-8(5-16)13-15-14-11/h1-5H,(H,13,14,15). The van der Waals surface area contributed by atoms with Gasteiger partial charge < -0.3 is 0 Å². The van der Waals surface area contributed by atoms with E-state index in [9.17, 15) is 9.18 Å². The van der Waals surface area contributed by atoms with E-state index >= 15 is 0 Å². The van der Waals surface area contributed by atoms with Gasteiger partial charge in [0.15, 0.2) is 11.3 Å². The fraction of sp³-hybridized carbons (Fsp3) is 0. The third-order valence-electron chi connectivity index (χ3n) is 2.31. The van der Waals surface area contributed by atoms with Crippen molar-refractivity contribution in [1.82, 2.24) is 15.4 Å². The molecule has 0 saturated carbocycles. The number of nitrogens with zero attached hydrogens (tertiary/aromatic N) is 2. The molecule has 3 aromatic rings. The van der Waals surface area contributed by atoms with E-state index < -0.39 is 0 Å². The summed E-state index contributed by atoms with van der Waals surface area (Å²) in [5, 5.41) is 11.3. The molecule has 0 aliphatic heterocycles. The molecule has 0 aliphatic rings. The molecule has 0 saturated heterocycles. The fourth-order valence-corrected chi connectivity index (χ4v) is 3.62. The molecule has 0 atom stereocenters. The first kappa shape index (κ1) is 11.4. The number of carbonyl (C=O) groups excluding carboxylic acids is 1. The number of thiophene rings is 1. The number of fused-ring (bicyclic) bond motifs is 1. The lowest BCUT2D eigenvalue weighted by Crippen LogP contribution is -1.81. The number of aromatic amines is 1. The number of aldehydes is 1. The Morgan fingerprint density at radius 1 is 1.39 bits per heavy atom. The van der Waals surface area contributed by atoms with Crippen molar-refractivity contribution in [1.29, 1.82) is 0 Å². The van der Waals surface area contributed by atoms with Gasteiger partial charge >= 0.3 is 0 Å². The zero-order valence-corrected chi connectivity index (χ0v) is 10.5. The minimum Gasteiger partial charge on any atom is -0.296 e. The van der Waals surface area contributed by atoms with E-state index in [0.717, 1.165) is 14.3 Å². The van der Waals surface area contributed by atoms with Crippen molar-refractivity contribution in [3.63, 3.8) is 0 Å². The number of H-pyrrole nitrogens is 1. The first-order valence-corrected chi connectivity index (χ1v) is 6.63. The van der Waals surface area contributed by atoms with Crippen molar-refractivity contribution in [2.75, 3.05) is 0 Å². The SMILES string of the molecule is O=Cc1[nH]nnc1Sc1cc2cc(F)ccc2s1. The predicted molar refractivity (Wildman–Crippen MR) is 67.7 cm³/mol. The second kappa shape index (κ2) is 4.51. The molecule has 2 aromatic heterocycles. The van der Waals surface area contributed by atoms with Crippen molar-refractivity contribution in [3.8, 4) is 0 Å². The van der Waals surface area contributed by atoms with E-state index in [4.69, 9.17) is 0 Å². The van der Waals surface area contributed by atoms with Crippen LogP contribution in [0.3, 0.4) is 0 Å². The molecule has 2 heterocycles. The van der Waals surface area contributed by atoms with Gasteiger partial charge in [0.2, 0.25) is 0 Å². The van der Waals surface area contributed by atoms with E-state index in [2.05, 4.69) is 15.4 Å². The van der Waals surface area contributed by atoms with Crippen molar-refractivity contribution in [2.45, 2.75) is 9.24 Å². The zero-order chi connectivity index (χ0) is 12.5. The monoisotopic (exact) mass is 279 g/mol. The molecule has 7 heteroatoms. The second-order valence-electron chi connectivity index (χ2n) is 3.50. The van der Waals surface area contributed by atoms with Crippen LogP contribution in [0, 0.1) is 5.82 Å². The highest BCUT2D eigenvalue weighted by Crippen LogP contribution is 2.37. The highest BCUT2D eigenvalue weighted by molar-refractivity contribution is 8.01. The molecule has 0 aliphatic carbocycles. The van der Waals surface area contributed by atoms with Crippen LogP contribution in [0.2, 0.25) is 0 Å². The number of halogens is 1. The lowest BCUT2D eigenvalue weighted by atomic mass is 10.3. The molecule has 3 rings (SSSR count). The third kappa shape index (κ3) is 2.02. The average Bonchev–Trinajstić information content (AvgIpc) is 2.94. The van der Waals surface area contributed by atoms with Gasteiger partial charge in [-0.05, 0) is 29.7 Å². The van der Waals surface area contributed by atoms with E-state index in [1.165, 1.54) is 35.2 Å². The van der Waals surface area contributed by atoms with Crippen LogP contribution in [0.1, 0.15) is 10.5 Å². The van der Waals surface area contributed by atoms with Gasteiger partial charge in [0.05, 0.1) is 4.21 Å². The molecule has 0 bridgehead atoms. The lowest BCUT2D eigenvalue weighted by Gasteiger charge is -1.90. The Bertz CT molecular complexity index is 722. The molecule has 1 aromatic carbocycles. The number of aromatic nitrogens is 3. The maximum atomic E-state index is 13.1. The summed E-state index contributed by atoms with van der Waals surface area (Å²) in [7, 11) is 0. The van der Waals surface area contributed by atoms with Gasteiger partial charge in [-0.25, -0.2) is 4.39 Å². The van der Waals surface area contributed by atoms with Crippen molar-refractivity contribution >= 4 is 39.5 Å². The number of rotatable bonds is 3. The maximum absolute atomic E-state index is 13.1. The van der Waals surface area contributed by atoms with Crippen LogP contribution < -0.4 is 0 Å². The highest BCUT2D eigenvalue weighted by atomic mass is 32.2. The van der Waals surface area contributed by atoms with Gasteiger partial charge in [-0.2, -0.15) is 0 Å². The average molecular weight is 279 g/mol.